The summed E-state index contributed by atoms with van der Waals surface area (Å²) in [6, 6.07) is 31.6. The summed E-state index contributed by atoms with van der Waals surface area (Å²) >= 11 is 5.96. The normalized spacial score (nSPS) is 14.7. The number of ether oxygens (including phenoxy) is 1. The van der Waals surface area contributed by atoms with E-state index >= 15 is 0 Å². The average molecular weight is 576 g/mol. The van der Waals surface area contributed by atoms with Crippen molar-refractivity contribution in [2.24, 2.45) is 0 Å². The number of rotatable bonds is 5. The van der Waals surface area contributed by atoms with Crippen LogP contribution in [0.3, 0.4) is 0 Å². The molecular weight excluding hydrogens is 550 g/mol. The minimum Gasteiger partial charge on any atom is -0.484 e. The molecule has 7 rings (SSSR count). The van der Waals surface area contributed by atoms with Crippen molar-refractivity contribution >= 4 is 34.8 Å². The number of carbonyl (C=O) groups excluding carboxylic acids is 2. The molecule has 1 aromatic heterocycles. The number of aromatic nitrogens is 1. The lowest BCUT2D eigenvalue weighted by Gasteiger charge is -2.22. The number of amides is 2. The lowest BCUT2D eigenvalue weighted by Crippen LogP contribution is -2.34. The van der Waals surface area contributed by atoms with Crippen LogP contribution in [0, 0.1) is 0 Å². The summed E-state index contributed by atoms with van der Waals surface area (Å²) in [7, 11) is 0. The number of aliphatic hydroxyl groups is 1. The van der Waals surface area contributed by atoms with Gasteiger partial charge in [0.05, 0.1) is 13.1 Å². The maximum Gasteiger partial charge on any atom is 0.272 e. The van der Waals surface area contributed by atoms with Gasteiger partial charge in [-0.1, -0.05) is 60.1 Å². The Morgan fingerprint density at radius 2 is 1.62 bits per heavy atom. The Kier molecular flexibility index (Phi) is 6.53. The van der Waals surface area contributed by atoms with Crippen LogP contribution in [-0.4, -0.2) is 28.1 Å². The molecule has 2 amide bonds. The van der Waals surface area contributed by atoms with Crippen molar-refractivity contribution in [3.63, 3.8) is 0 Å². The fourth-order valence-electron chi connectivity index (χ4n) is 5.79. The molecule has 208 valence electrons. The molecule has 0 bridgehead atoms. The van der Waals surface area contributed by atoms with Crippen molar-refractivity contribution in [2.45, 2.75) is 19.2 Å². The number of nitrogens with one attached hydrogen (secondary N) is 1. The molecule has 2 aliphatic rings. The maximum absolute atomic E-state index is 13.6. The number of hydrogen-bond donors (Lipinski definition) is 2. The fraction of sp³-hybridized carbons (Fsp3) is 0.118. The van der Waals surface area contributed by atoms with Crippen molar-refractivity contribution < 1.29 is 19.4 Å². The number of benzene rings is 4. The van der Waals surface area contributed by atoms with Gasteiger partial charge in [0.25, 0.3) is 11.8 Å². The van der Waals surface area contributed by atoms with Gasteiger partial charge in [0.1, 0.15) is 17.5 Å². The summed E-state index contributed by atoms with van der Waals surface area (Å²) in [5, 5.41) is 14.5. The van der Waals surface area contributed by atoms with E-state index in [9.17, 15) is 14.7 Å². The van der Waals surface area contributed by atoms with Crippen LogP contribution in [0.15, 0.2) is 103 Å². The monoisotopic (exact) mass is 575 g/mol. The second-order valence-electron chi connectivity index (χ2n) is 10.4. The van der Waals surface area contributed by atoms with Crippen molar-refractivity contribution in [3.8, 4) is 16.9 Å². The highest BCUT2D eigenvalue weighted by Crippen LogP contribution is 2.44. The van der Waals surface area contributed by atoms with Crippen LogP contribution in [0.2, 0.25) is 5.02 Å². The molecule has 2 heterocycles. The smallest absolute Gasteiger partial charge is 0.272 e. The first-order chi connectivity index (χ1) is 20.5. The highest BCUT2D eigenvalue weighted by molar-refractivity contribution is 6.30. The zero-order valence-electron chi connectivity index (χ0n) is 22.5. The molecule has 2 N–H and O–H groups in total. The van der Waals surface area contributed by atoms with Crippen LogP contribution in [0.1, 0.15) is 39.0 Å². The molecule has 8 heteroatoms. The Morgan fingerprint density at radius 3 is 2.48 bits per heavy atom. The molecule has 1 aliphatic carbocycles. The van der Waals surface area contributed by atoms with E-state index in [4.69, 9.17) is 16.3 Å². The molecule has 0 saturated carbocycles. The minimum atomic E-state index is -0.735. The van der Waals surface area contributed by atoms with Crippen LogP contribution in [0.5, 0.6) is 5.75 Å². The summed E-state index contributed by atoms with van der Waals surface area (Å²) < 4.78 is 7.69. The summed E-state index contributed by atoms with van der Waals surface area (Å²) in [5.74, 6) is 0.0893. The molecule has 1 unspecified atom stereocenters. The third-order valence-corrected chi connectivity index (χ3v) is 8.11. The first-order valence-corrected chi connectivity index (χ1v) is 14.0. The number of halogens is 1. The van der Waals surface area contributed by atoms with E-state index in [1.54, 1.807) is 35.2 Å². The summed E-state index contributed by atoms with van der Waals surface area (Å²) in [4.78, 5) is 28.7. The van der Waals surface area contributed by atoms with Crippen LogP contribution in [0.4, 0.5) is 11.4 Å². The lowest BCUT2D eigenvalue weighted by molar-refractivity contribution is -0.120. The zero-order valence-corrected chi connectivity index (χ0v) is 23.2. The Balaban J connectivity index is 1.13. The Labute approximate surface area is 247 Å². The molecule has 5 aromatic rings. The van der Waals surface area contributed by atoms with Crippen molar-refractivity contribution in [2.75, 3.05) is 16.8 Å². The van der Waals surface area contributed by atoms with E-state index < -0.39 is 6.10 Å². The van der Waals surface area contributed by atoms with Crippen LogP contribution >= 0.6 is 11.6 Å². The second kappa shape index (κ2) is 10.5. The van der Waals surface area contributed by atoms with Crippen molar-refractivity contribution in [3.05, 3.63) is 136 Å². The number of nitrogens with zero attached hydrogens (tertiary/aromatic N) is 2. The molecule has 42 heavy (non-hydrogen) atoms. The van der Waals surface area contributed by atoms with Gasteiger partial charge in [-0.15, -0.1) is 0 Å². The summed E-state index contributed by atoms with van der Waals surface area (Å²) in [5.41, 5.74) is 7.22. The first kappa shape index (κ1) is 26.1. The lowest BCUT2D eigenvalue weighted by atomic mass is 10.1. The quantitative estimate of drug-likeness (QED) is 0.253. The molecule has 1 atom stereocenters. The highest BCUT2D eigenvalue weighted by Gasteiger charge is 2.29. The number of para-hydroxylation sites is 1. The predicted octanol–water partition coefficient (Wildman–Crippen LogP) is 6.43. The highest BCUT2D eigenvalue weighted by atomic mass is 35.5. The van der Waals surface area contributed by atoms with Gasteiger partial charge < -0.3 is 24.6 Å². The van der Waals surface area contributed by atoms with Gasteiger partial charge in [-0.2, -0.15) is 0 Å². The van der Waals surface area contributed by atoms with Gasteiger partial charge in [0, 0.05) is 22.1 Å². The number of aliphatic hydroxyl groups excluding tert-OH is 1. The predicted molar refractivity (Wildman–Crippen MR) is 162 cm³/mol. The zero-order chi connectivity index (χ0) is 28.8. The van der Waals surface area contributed by atoms with E-state index in [0.717, 1.165) is 39.2 Å². The van der Waals surface area contributed by atoms with Crippen LogP contribution in [0.25, 0.3) is 11.1 Å². The third-order valence-electron chi connectivity index (χ3n) is 7.86. The topological polar surface area (TPSA) is 83.8 Å². The van der Waals surface area contributed by atoms with E-state index in [-0.39, 0.29) is 25.0 Å². The standard InChI is InChI=1S/C34H26ClN3O4/c35-22-9-13-25(14-10-22)42-20-32(39)38-19-24-12-16-31(37(24)18-21-5-1-4-8-30(21)38)34(41)36-23-11-15-27-26-6-2-3-7-28(26)33(40)29(27)17-23/h1-17,33,40H,18-20H2,(H,36,41). The minimum absolute atomic E-state index is 0.141. The largest absolute Gasteiger partial charge is 0.484 e. The van der Waals surface area contributed by atoms with Gasteiger partial charge in [0.15, 0.2) is 6.61 Å². The SMILES string of the molecule is O=C(Nc1ccc2c(c1)C(O)c1ccccc1-2)c1ccc2n1Cc1ccccc1N(C(=O)COc1ccc(Cl)cc1)C2. The summed E-state index contributed by atoms with van der Waals surface area (Å²) in [6.07, 6.45) is -0.735. The van der Waals surface area contributed by atoms with Crippen LogP contribution in [-0.2, 0) is 17.9 Å². The number of carbonyl (C=O) groups is 2. The molecule has 0 saturated heterocycles. The number of fused-ring (bicyclic) bond motifs is 5. The fourth-order valence-corrected chi connectivity index (χ4v) is 5.92. The second-order valence-corrected chi connectivity index (χ2v) is 10.8. The number of anilines is 2. The van der Waals surface area contributed by atoms with Crippen LogP contribution < -0.4 is 15.0 Å². The van der Waals surface area contributed by atoms with E-state index in [0.29, 0.717) is 28.7 Å². The molecule has 4 aromatic carbocycles. The maximum atomic E-state index is 13.6. The molecular formula is C34H26ClN3O4. The molecule has 0 radical (unpaired) electrons. The van der Waals surface area contributed by atoms with E-state index in [2.05, 4.69) is 5.32 Å². The average Bonchev–Trinajstić information content (AvgIpc) is 3.48. The van der Waals surface area contributed by atoms with Gasteiger partial charge in [-0.05, 0) is 82.4 Å². The first-order valence-electron chi connectivity index (χ1n) is 13.6. The van der Waals surface area contributed by atoms with E-state index in [1.807, 2.05) is 77.4 Å². The Bertz CT molecular complexity index is 1850. The molecule has 1 aliphatic heterocycles. The number of hydrogen-bond acceptors (Lipinski definition) is 4. The Hall–Kier alpha value is -4.85. The van der Waals surface area contributed by atoms with E-state index in [1.165, 1.54) is 0 Å². The van der Waals surface area contributed by atoms with Crippen molar-refractivity contribution in [1.82, 2.24) is 4.57 Å². The Morgan fingerprint density at radius 1 is 0.857 bits per heavy atom. The van der Waals surface area contributed by atoms with Gasteiger partial charge in [0.2, 0.25) is 0 Å². The molecule has 0 spiro atoms. The summed E-state index contributed by atoms with van der Waals surface area (Å²) in [6.45, 7) is 0.579. The van der Waals surface area contributed by atoms with Gasteiger partial charge in [-0.25, -0.2) is 0 Å². The third kappa shape index (κ3) is 4.62. The van der Waals surface area contributed by atoms with Gasteiger partial charge in [-0.3, -0.25) is 9.59 Å². The van der Waals surface area contributed by atoms with Crippen molar-refractivity contribution in [1.29, 1.82) is 0 Å². The molecule has 0 fully saturated rings. The molecule has 7 nitrogen and oxygen atoms in total. The van der Waals surface area contributed by atoms with Gasteiger partial charge >= 0.3 is 0 Å².